The van der Waals surface area contributed by atoms with Gasteiger partial charge in [-0.25, -0.2) is 0 Å². The van der Waals surface area contributed by atoms with Gasteiger partial charge in [0.1, 0.15) is 0 Å². The van der Waals surface area contributed by atoms with E-state index in [2.05, 4.69) is 33.9 Å². The van der Waals surface area contributed by atoms with Crippen molar-refractivity contribution in [2.75, 3.05) is 6.61 Å². The molecule has 0 aromatic carbocycles. The molecule has 0 spiro atoms. The van der Waals surface area contributed by atoms with E-state index in [4.69, 9.17) is 4.43 Å². The van der Waals surface area contributed by atoms with Crippen molar-refractivity contribution in [2.24, 2.45) is 0 Å². The van der Waals surface area contributed by atoms with Gasteiger partial charge in [0.25, 0.3) is 0 Å². The first kappa shape index (κ1) is 17.1. The van der Waals surface area contributed by atoms with Gasteiger partial charge in [-0.1, -0.05) is 20.8 Å². The van der Waals surface area contributed by atoms with E-state index in [0.717, 1.165) is 0 Å². The fourth-order valence-corrected chi connectivity index (χ4v) is 2.17. The molecule has 0 heterocycles. The Bertz CT molecular complexity index is 226. The molecule has 0 radical (unpaired) electrons. The van der Waals surface area contributed by atoms with E-state index < -0.39 is 20.0 Å². The smallest absolute Gasteiger partial charge is 0.192 e. The van der Waals surface area contributed by atoms with Crippen molar-refractivity contribution in [1.82, 2.24) is 0 Å². The standard InChI is InChI=1S/C13H30O3Si/c1-12(2,3)17(6,7)16-10-11(14)8-9-13(4,5)15/h11,14-15H,8-10H2,1-7H3/t11-/m0/s1. The minimum absolute atomic E-state index is 0.170. The molecule has 0 fully saturated rings. The Balaban J connectivity index is 4.04. The van der Waals surface area contributed by atoms with Crippen molar-refractivity contribution in [3.63, 3.8) is 0 Å². The summed E-state index contributed by atoms with van der Waals surface area (Å²) in [5, 5.41) is 19.6. The van der Waals surface area contributed by atoms with Crippen LogP contribution in [0.1, 0.15) is 47.5 Å². The van der Waals surface area contributed by atoms with Crippen molar-refractivity contribution in [3.8, 4) is 0 Å². The third kappa shape index (κ3) is 7.19. The minimum Gasteiger partial charge on any atom is -0.414 e. The zero-order chi connectivity index (χ0) is 13.9. The lowest BCUT2D eigenvalue weighted by Gasteiger charge is -2.36. The Morgan fingerprint density at radius 2 is 1.59 bits per heavy atom. The summed E-state index contributed by atoms with van der Waals surface area (Å²) in [7, 11) is -1.77. The molecule has 0 saturated heterocycles. The Morgan fingerprint density at radius 3 is 1.94 bits per heavy atom. The van der Waals surface area contributed by atoms with E-state index in [0.29, 0.717) is 19.4 Å². The third-order valence-corrected chi connectivity index (χ3v) is 8.03. The van der Waals surface area contributed by atoms with Crippen LogP contribution in [0.25, 0.3) is 0 Å². The number of hydrogen-bond acceptors (Lipinski definition) is 3. The van der Waals surface area contributed by atoms with Crippen molar-refractivity contribution in [1.29, 1.82) is 0 Å². The van der Waals surface area contributed by atoms with Crippen LogP contribution in [0, 0.1) is 0 Å². The third-order valence-electron chi connectivity index (χ3n) is 3.53. The lowest BCUT2D eigenvalue weighted by Crippen LogP contribution is -2.42. The van der Waals surface area contributed by atoms with Crippen LogP contribution in [0.3, 0.4) is 0 Å². The summed E-state index contributed by atoms with van der Waals surface area (Å²) in [6, 6.07) is 0. The molecule has 0 aliphatic carbocycles. The number of hydrogen-bond donors (Lipinski definition) is 2. The van der Waals surface area contributed by atoms with Crippen molar-refractivity contribution >= 4 is 8.32 Å². The largest absolute Gasteiger partial charge is 0.414 e. The Kier molecular flexibility index (Phi) is 5.86. The molecule has 0 rings (SSSR count). The molecule has 0 aromatic heterocycles. The Morgan fingerprint density at radius 1 is 1.12 bits per heavy atom. The van der Waals surface area contributed by atoms with Gasteiger partial charge in [-0.2, -0.15) is 0 Å². The second-order valence-electron chi connectivity index (χ2n) is 7.08. The number of rotatable bonds is 6. The lowest BCUT2D eigenvalue weighted by molar-refractivity contribution is 0.0345. The van der Waals surface area contributed by atoms with Gasteiger partial charge in [0.05, 0.1) is 18.3 Å². The summed E-state index contributed by atoms with van der Waals surface area (Å²) in [6.07, 6.45) is 0.697. The van der Waals surface area contributed by atoms with Crippen LogP contribution < -0.4 is 0 Å². The highest BCUT2D eigenvalue weighted by Crippen LogP contribution is 2.36. The molecule has 0 amide bonds. The highest BCUT2D eigenvalue weighted by Gasteiger charge is 2.37. The quantitative estimate of drug-likeness (QED) is 0.724. The van der Waals surface area contributed by atoms with Crippen molar-refractivity contribution < 1.29 is 14.6 Å². The Labute approximate surface area is 107 Å². The average molecular weight is 262 g/mol. The predicted molar refractivity (Wildman–Crippen MR) is 74.7 cm³/mol. The summed E-state index contributed by atoms with van der Waals surface area (Å²) in [5.74, 6) is 0. The predicted octanol–water partition coefficient (Wildman–Crippen LogP) is 2.92. The van der Waals surface area contributed by atoms with E-state index in [9.17, 15) is 10.2 Å². The summed E-state index contributed by atoms with van der Waals surface area (Å²) in [5.41, 5.74) is -0.710. The van der Waals surface area contributed by atoms with Crippen LogP contribution in [-0.2, 0) is 4.43 Å². The van der Waals surface area contributed by atoms with Gasteiger partial charge < -0.3 is 14.6 Å². The zero-order valence-electron chi connectivity index (χ0n) is 12.5. The molecular weight excluding hydrogens is 232 g/mol. The fraction of sp³-hybridized carbons (Fsp3) is 1.00. The van der Waals surface area contributed by atoms with E-state index >= 15 is 0 Å². The van der Waals surface area contributed by atoms with Crippen LogP contribution in [-0.4, -0.2) is 36.8 Å². The van der Waals surface area contributed by atoms with Gasteiger partial charge in [-0.15, -0.1) is 0 Å². The second-order valence-corrected chi connectivity index (χ2v) is 11.9. The van der Waals surface area contributed by atoms with Crippen LogP contribution in [0.2, 0.25) is 18.1 Å². The molecule has 0 aliphatic rings. The minimum atomic E-state index is -1.77. The van der Waals surface area contributed by atoms with Crippen LogP contribution >= 0.6 is 0 Å². The maximum atomic E-state index is 9.83. The first-order chi connectivity index (χ1) is 7.35. The van der Waals surface area contributed by atoms with Crippen LogP contribution in [0.4, 0.5) is 0 Å². The van der Waals surface area contributed by atoms with Crippen LogP contribution in [0.5, 0.6) is 0 Å². The molecule has 2 N–H and O–H groups in total. The molecule has 0 saturated carbocycles. The number of aliphatic hydroxyl groups excluding tert-OH is 1. The molecule has 4 heteroatoms. The van der Waals surface area contributed by atoms with E-state index in [1.807, 2.05) is 0 Å². The van der Waals surface area contributed by atoms with E-state index in [-0.39, 0.29) is 5.04 Å². The van der Waals surface area contributed by atoms with Gasteiger partial charge in [-0.3, -0.25) is 0 Å². The number of aliphatic hydroxyl groups is 2. The van der Waals surface area contributed by atoms with E-state index in [1.54, 1.807) is 13.8 Å². The van der Waals surface area contributed by atoms with Crippen LogP contribution in [0.15, 0.2) is 0 Å². The maximum absolute atomic E-state index is 9.83. The summed E-state index contributed by atoms with van der Waals surface area (Å²) in [6.45, 7) is 14.8. The molecule has 0 aromatic rings. The summed E-state index contributed by atoms with van der Waals surface area (Å²) < 4.78 is 5.93. The SMILES string of the molecule is CC(C)(O)CC[C@H](O)CO[Si](C)(C)C(C)(C)C. The highest BCUT2D eigenvalue weighted by molar-refractivity contribution is 6.74. The molecule has 3 nitrogen and oxygen atoms in total. The van der Waals surface area contributed by atoms with Gasteiger partial charge in [0.2, 0.25) is 0 Å². The molecular formula is C13H30O3Si. The fourth-order valence-electron chi connectivity index (χ4n) is 1.12. The van der Waals surface area contributed by atoms with Crippen molar-refractivity contribution in [2.45, 2.75) is 77.3 Å². The first-order valence-corrected chi connectivity index (χ1v) is 9.30. The molecule has 104 valence electrons. The highest BCUT2D eigenvalue weighted by atomic mass is 28.4. The van der Waals surface area contributed by atoms with Gasteiger partial charge in [0.15, 0.2) is 8.32 Å². The van der Waals surface area contributed by atoms with E-state index in [1.165, 1.54) is 0 Å². The molecule has 17 heavy (non-hydrogen) atoms. The maximum Gasteiger partial charge on any atom is 0.192 e. The van der Waals surface area contributed by atoms with Gasteiger partial charge in [-0.05, 0) is 44.8 Å². The lowest BCUT2D eigenvalue weighted by atomic mass is 10.0. The average Bonchev–Trinajstić information content (AvgIpc) is 2.08. The van der Waals surface area contributed by atoms with Gasteiger partial charge in [0, 0.05) is 0 Å². The molecule has 0 aliphatic heterocycles. The normalized spacial score (nSPS) is 16.1. The summed E-state index contributed by atoms with van der Waals surface area (Å²) >= 11 is 0. The molecule has 1 atom stereocenters. The zero-order valence-corrected chi connectivity index (χ0v) is 13.5. The topological polar surface area (TPSA) is 49.7 Å². The Hall–Kier alpha value is 0.0969. The van der Waals surface area contributed by atoms with Gasteiger partial charge >= 0.3 is 0 Å². The molecule has 0 unspecified atom stereocenters. The second kappa shape index (κ2) is 5.82. The van der Waals surface area contributed by atoms with Crippen molar-refractivity contribution in [3.05, 3.63) is 0 Å². The summed E-state index contributed by atoms with van der Waals surface area (Å²) in [4.78, 5) is 0. The first-order valence-electron chi connectivity index (χ1n) is 6.39. The monoisotopic (exact) mass is 262 g/mol. The molecule has 0 bridgehead atoms.